The first kappa shape index (κ1) is 11.0. The number of nitrogens with two attached hydrogens (primary N) is 1. The second-order valence-electron chi connectivity index (χ2n) is 4.11. The Labute approximate surface area is 95.0 Å². The molecular formula is C12H16N2O2. The van der Waals surface area contributed by atoms with E-state index in [2.05, 4.69) is 6.92 Å². The van der Waals surface area contributed by atoms with Crippen molar-refractivity contribution in [3.05, 3.63) is 23.8 Å². The van der Waals surface area contributed by atoms with E-state index < -0.39 is 0 Å². The largest absolute Gasteiger partial charge is 0.482 e. The van der Waals surface area contributed by atoms with E-state index in [1.54, 1.807) is 11.9 Å². The van der Waals surface area contributed by atoms with E-state index in [4.69, 9.17) is 10.5 Å². The van der Waals surface area contributed by atoms with Crippen molar-refractivity contribution in [2.24, 2.45) is 5.73 Å². The van der Waals surface area contributed by atoms with Crippen LogP contribution in [0, 0.1) is 0 Å². The first-order chi connectivity index (χ1) is 7.63. The van der Waals surface area contributed by atoms with Gasteiger partial charge in [0, 0.05) is 7.05 Å². The summed E-state index contributed by atoms with van der Waals surface area (Å²) in [6.07, 6.45) is 0. The zero-order chi connectivity index (χ0) is 11.7. The number of anilines is 1. The van der Waals surface area contributed by atoms with Crippen molar-refractivity contribution in [2.75, 3.05) is 25.1 Å². The Hall–Kier alpha value is -1.55. The highest BCUT2D eigenvalue weighted by molar-refractivity contribution is 5.97. The summed E-state index contributed by atoms with van der Waals surface area (Å²) in [5, 5.41) is 0. The first-order valence-electron chi connectivity index (χ1n) is 5.37. The summed E-state index contributed by atoms with van der Waals surface area (Å²) in [5.41, 5.74) is 7.59. The smallest absolute Gasteiger partial charge is 0.264 e. The van der Waals surface area contributed by atoms with Gasteiger partial charge in [-0.1, -0.05) is 13.0 Å². The molecule has 2 rings (SSSR count). The number of nitrogens with zero attached hydrogens (tertiary/aromatic N) is 1. The van der Waals surface area contributed by atoms with E-state index in [1.807, 2.05) is 18.2 Å². The molecule has 1 aliphatic rings. The predicted molar refractivity (Wildman–Crippen MR) is 62.8 cm³/mol. The molecule has 0 aromatic heterocycles. The van der Waals surface area contributed by atoms with Gasteiger partial charge >= 0.3 is 0 Å². The van der Waals surface area contributed by atoms with Gasteiger partial charge in [-0.25, -0.2) is 0 Å². The molecule has 1 aliphatic heterocycles. The Morgan fingerprint density at radius 1 is 1.56 bits per heavy atom. The Morgan fingerprint density at radius 2 is 2.31 bits per heavy atom. The van der Waals surface area contributed by atoms with E-state index in [0.717, 1.165) is 17.0 Å². The van der Waals surface area contributed by atoms with Crippen LogP contribution in [0.15, 0.2) is 18.2 Å². The molecule has 0 radical (unpaired) electrons. The molecule has 1 unspecified atom stereocenters. The van der Waals surface area contributed by atoms with Crippen LogP contribution in [0.25, 0.3) is 0 Å². The average molecular weight is 220 g/mol. The highest BCUT2D eigenvalue weighted by Gasteiger charge is 2.22. The lowest BCUT2D eigenvalue weighted by Crippen LogP contribution is -2.35. The molecule has 0 spiro atoms. The third-order valence-electron chi connectivity index (χ3n) is 2.99. The van der Waals surface area contributed by atoms with E-state index in [-0.39, 0.29) is 18.4 Å². The maximum atomic E-state index is 11.5. The Kier molecular flexibility index (Phi) is 2.83. The van der Waals surface area contributed by atoms with Crippen LogP contribution >= 0.6 is 0 Å². The maximum Gasteiger partial charge on any atom is 0.264 e. The molecule has 0 bridgehead atoms. The van der Waals surface area contributed by atoms with Crippen LogP contribution in [0.4, 0.5) is 5.69 Å². The van der Waals surface area contributed by atoms with E-state index >= 15 is 0 Å². The standard InChI is InChI=1S/C12H16N2O2/c1-8(6-13)9-3-4-11-10(5-9)14(2)12(15)7-16-11/h3-5,8H,6-7,13H2,1-2H3. The number of rotatable bonds is 2. The molecule has 1 aromatic rings. The third-order valence-corrected chi connectivity index (χ3v) is 2.99. The number of fused-ring (bicyclic) bond motifs is 1. The summed E-state index contributed by atoms with van der Waals surface area (Å²) in [6, 6.07) is 5.88. The van der Waals surface area contributed by atoms with Gasteiger partial charge in [0.25, 0.3) is 5.91 Å². The number of benzene rings is 1. The Morgan fingerprint density at radius 3 is 3.00 bits per heavy atom. The lowest BCUT2D eigenvalue weighted by molar-refractivity contribution is -0.120. The highest BCUT2D eigenvalue weighted by Crippen LogP contribution is 2.33. The van der Waals surface area contributed by atoms with Crippen molar-refractivity contribution in [3.8, 4) is 5.75 Å². The number of carbonyl (C=O) groups is 1. The van der Waals surface area contributed by atoms with Gasteiger partial charge < -0.3 is 15.4 Å². The van der Waals surface area contributed by atoms with Gasteiger partial charge in [-0.15, -0.1) is 0 Å². The molecule has 1 atom stereocenters. The van der Waals surface area contributed by atoms with Gasteiger partial charge in [0.2, 0.25) is 0 Å². The number of amides is 1. The van der Waals surface area contributed by atoms with Crippen molar-refractivity contribution in [1.82, 2.24) is 0 Å². The van der Waals surface area contributed by atoms with Crippen LogP contribution in [0.5, 0.6) is 5.75 Å². The van der Waals surface area contributed by atoms with E-state index in [0.29, 0.717) is 6.54 Å². The van der Waals surface area contributed by atoms with Crippen LogP contribution < -0.4 is 15.4 Å². The van der Waals surface area contributed by atoms with Crippen molar-refractivity contribution >= 4 is 11.6 Å². The summed E-state index contributed by atoms with van der Waals surface area (Å²) in [4.78, 5) is 13.1. The molecular weight excluding hydrogens is 204 g/mol. The van der Waals surface area contributed by atoms with Crippen LogP contribution in [-0.4, -0.2) is 26.1 Å². The van der Waals surface area contributed by atoms with Crippen molar-refractivity contribution < 1.29 is 9.53 Å². The number of hydrogen-bond acceptors (Lipinski definition) is 3. The van der Waals surface area contributed by atoms with Crippen LogP contribution in [0.1, 0.15) is 18.4 Å². The van der Waals surface area contributed by atoms with Crippen LogP contribution in [-0.2, 0) is 4.79 Å². The fourth-order valence-corrected chi connectivity index (χ4v) is 1.73. The first-order valence-corrected chi connectivity index (χ1v) is 5.37. The normalized spacial score (nSPS) is 16.7. The fraction of sp³-hybridized carbons (Fsp3) is 0.417. The van der Waals surface area contributed by atoms with Gasteiger partial charge in [-0.05, 0) is 30.2 Å². The fourth-order valence-electron chi connectivity index (χ4n) is 1.73. The lowest BCUT2D eigenvalue weighted by Gasteiger charge is -2.27. The maximum absolute atomic E-state index is 11.5. The quantitative estimate of drug-likeness (QED) is 0.812. The van der Waals surface area contributed by atoms with E-state index in [9.17, 15) is 4.79 Å². The summed E-state index contributed by atoms with van der Waals surface area (Å²) in [6.45, 7) is 2.78. The highest BCUT2D eigenvalue weighted by atomic mass is 16.5. The number of ether oxygens (including phenoxy) is 1. The molecule has 4 heteroatoms. The summed E-state index contributed by atoms with van der Waals surface area (Å²) >= 11 is 0. The molecule has 0 aliphatic carbocycles. The van der Waals surface area contributed by atoms with Crippen molar-refractivity contribution in [3.63, 3.8) is 0 Å². The van der Waals surface area contributed by atoms with Crippen molar-refractivity contribution in [2.45, 2.75) is 12.8 Å². The van der Waals surface area contributed by atoms with Gasteiger partial charge in [-0.2, -0.15) is 0 Å². The van der Waals surface area contributed by atoms with Gasteiger partial charge in [0.05, 0.1) is 5.69 Å². The topological polar surface area (TPSA) is 55.6 Å². The number of carbonyl (C=O) groups excluding carboxylic acids is 1. The Balaban J connectivity index is 2.40. The summed E-state index contributed by atoms with van der Waals surface area (Å²) in [5.74, 6) is 1.02. The second-order valence-corrected chi connectivity index (χ2v) is 4.11. The SMILES string of the molecule is CC(CN)c1ccc2c(c1)N(C)C(=O)CO2. The average Bonchev–Trinajstić information content (AvgIpc) is 2.32. The molecule has 0 saturated heterocycles. The molecule has 0 saturated carbocycles. The van der Waals surface area contributed by atoms with Crippen LogP contribution in [0.2, 0.25) is 0 Å². The lowest BCUT2D eigenvalue weighted by atomic mass is 10.00. The van der Waals surface area contributed by atoms with Gasteiger partial charge in [0.15, 0.2) is 6.61 Å². The molecule has 1 heterocycles. The van der Waals surface area contributed by atoms with Gasteiger partial charge in [-0.3, -0.25) is 4.79 Å². The van der Waals surface area contributed by atoms with Gasteiger partial charge in [0.1, 0.15) is 5.75 Å². The zero-order valence-electron chi connectivity index (χ0n) is 9.56. The minimum Gasteiger partial charge on any atom is -0.482 e. The number of likely N-dealkylation sites (N-methyl/N-ethyl adjacent to an activating group) is 1. The molecule has 2 N–H and O–H groups in total. The predicted octanol–water partition coefficient (Wildman–Crippen LogP) is 1.10. The molecule has 4 nitrogen and oxygen atoms in total. The molecule has 0 fully saturated rings. The minimum absolute atomic E-state index is 0.0231. The Bertz CT molecular complexity index is 417. The minimum atomic E-state index is -0.0231. The monoisotopic (exact) mass is 220 g/mol. The third kappa shape index (κ3) is 1.76. The molecule has 16 heavy (non-hydrogen) atoms. The molecule has 86 valence electrons. The van der Waals surface area contributed by atoms with E-state index in [1.165, 1.54) is 0 Å². The zero-order valence-corrected chi connectivity index (χ0v) is 9.56. The summed E-state index contributed by atoms with van der Waals surface area (Å²) in [7, 11) is 1.76. The summed E-state index contributed by atoms with van der Waals surface area (Å²) < 4.78 is 5.35. The number of hydrogen-bond donors (Lipinski definition) is 1. The second kappa shape index (κ2) is 4.14. The van der Waals surface area contributed by atoms with Crippen molar-refractivity contribution in [1.29, 1.82) is 0 Å². The molecule has 1 aromatic carbocycles. The molecule has 1 amide bonds. The van der Waals surface area contributed by atoms with Crippen LogP contribution in [0.3, 0.4) is 0 Å².